The molecule has 112 valence electrons. The molecule has 0 saturated heterocycles. The summed E-state index contributed by atoms with van der Waals surface area (Å²) in [5.74, 6) is 2.51. The van der Waals surface area contributed by atoms with Crippen molar-refractivity contribution in [1.82, 2.24) is 15.0 Å². The molecule has 0 spiro atoms. The van der Waals surface area contributed by atoms with Gasteiger partial charge in [0.1, 0.15) is 0 Å². The van der Waals surface area contributed by atoms with Crippen LogP contribution in [0.1, 0.15) is 46.5 Å². The Kier molecular flexibility index (Phi) is 5.88. The first-order valence-electron chi connectivity index (χ1n) is 7.46. The zero-order valence-corrected chi connectivity index (χ0v) is 13.4. The van der Waals surface area contributed by atoms with E-state index in [0.717, 1.165) is 23.4 Å². The van der Waals surface area contributed by atoms with Gasteiger partial charge >= 0.3 is 6.01 Å². The van der Waals surface area contributed by atoms with Crippen LogP contribution in [0.5, 0.6) is 6.01 Å². The summed E-state index contributed by atoms with van der Waals surface area (Å²) < 4.78 is 5.60. The standard InChI is InChI=1S/C14H24N4OS/c1-4-15-12-16-13(19-10(2)3)18-14(17-12)20-9-11-7-5-6-8-11/h10-11H,4-9H2,1-3H3,(H,15,16,17,18). The Morgan fingerprint density at radius 3 is 2.65 bits per heavy atom. The Morgan fingerprint density at radius 1 is 1.25 bits per heavy atom. The molecular weight excluding hydrogens is 272 g/mol. The first-order valence-corrected chi connectivity index (χ1v) is 8.45. The predicted octanol–water partition coefficient (Wildman–Crippen LogP) is 3.37. The van der Waals surface area contributed by atoms with E-state index < -0.39 is 0 Å². The van der Waals surface area contributed by atoms with Crippen molar-refractivity contribution in [2.75, 3.05) is 17.6 Å². The number of nitrogens with one attached hydrogen (secondary N) is 1. The number of rotatable bonds is 7. The molecule has 5 nitrogen and oxygen atoms in total. The van der Waals surface area contributed by atoms with Crippen molar-refractivity contribution in [2.24, 2.45) is 5.92 Å². The number of aromatic nitrogens is 3. The maximum Gasteiger partial charge on any atom is 0.322 e. The van der Waals surface area contributed by atoms with E-state index in [-0.39, 0.29) is 6.10 Å². The third kappa shape index (κ3) is 4.81. The largest absolute Gasteiger partial charge is 0.461 e. The van der Waals surface area contributed by atoms with E-state index in [1.165, 1.54) is 25.7 Å². The lowest BCUT2D eigenvalue weighted by molar-refractivity contribution is 0.219. The molecule has 1 aromatic rings. The van der Waals surface area contributed by atoms with Gasteiger partial charge in [-0.15, -0.1) is 0 Å². The molecule has 1 heterocycles. The summed E-state index contributed by atoms with van der Waals surface area (Å²) in [4.78, 5) is 13.1. The smallest absolute Gasteiger partial charge is 0.322 e. The number of thioether (sulfide) groups is 1. The molecule has 20 heavy (non-hydrogen) atoms. The maximum atomic E-state index is 5.60. The molecule has 0 unspecified atom stereocenters. The van der Waals surface area contributed by atoms with Gasteiger partial charge in [-0.2, -0.15) is 15.0 Å². The molecule has 1 fully saturated rings. The van der Waals surface area contributed by atoms with Gasteiger partial charge in [-0.1, -0.05) is 24.6 Å². The molecule has 1 N–H and O–H groups in total. The summed E-state index contributed by atoms with van der Waals surface area (Å²) >= 11 is 1.72. The number of hydrogen-bond acceptors (Lipinski definition) is 6. The van der Waals surface area contributed by atoms with Crippen LogP contribution in [0, 0.1) is 5.92 Å². The average molecular weight is 296 g/mol. The van der Waals surface area contributed by atoms with E-state index in [9.17, 15) is 0 Å². The highest BCUT2D eigenvalue weighted by Crippen LogP contribution is 2.30. The van der Waals surface area contributed by atoms with Crippen LogP contribution in [0.15, 0.2) is 5.16 Å². The Bertz CT molecular complexity index is 422. The highest BCUT2D eigenvalue weighted by molar-refractivity contribution is 7.99. The summed E-state index contributed by atoms with van der Waals surface area (Å²) in [7, 11) is 0. The molecular formula is C14H24N4OS. The number of nitrogens with zero attached hydrogens (tertiary/aromatic N) is 3. The zero-order chi connectivity index (χ0) is 14.4. The monoisotopic (exact) mass is 296 g/mol. The number of ether oxygens (including phenoxy) is 1. The van der Waals surface area contributed by atoms with Crippen molar-refractivity contribution < 1.29 is 4.74 Å². The lowest BCUT2D eigenvalue weighted by Gasteiger charge is -2.11. The van der Waals surface area contributed by atoms with Crippen LogP contribution < -0.4 is 10.1 Å². The topological polar surface area (TPSA) is 59.9 Å². The van der Waals surface area contributed by atoms with Gasteiger partial charge in [0.15, 0.2) is 5.16 Å². The van der Waals surface area contributed by atoms with E-state index >= 15 is 0 Å². The lowest BCUT2D eigenvalue weighted by atomic mass is 10.1. The minimum Gasteiger partial charge on any atom is -0.461 e. The van der Waals surface area contributed by atoms with Crippen LogP contribution in [0.2, 0.25) is 0 Å². The normalized spacial score (nSPS) is 15.8. The molecule has 1 saturated carbocycles. The summed E-state index contributed by atoms with van der Waals surface area (Å²) in [6.45, 7) is 6.76. The van der Waals surface area contributed by atoms with Crippen molar-refractivity contribution in [1.29, 1.82) is 0 Å². The molecule has 0 amide bonds. The minimum absolute atomic E-state index is 0.0690. The molecule has 0 bridgehead atoms. The van der Waals surface area contributed by atoms with Gasteiger partial charge in [0.25, 0.3) is 0 Å². The predicted molar refractivity (Wildman–Crippen MR) is 82.4 cm³/mol. The highest BCUT2D eigenvalue weighted by Gasteiger charge is 2.17. The van der Waals surface area contributed by atoms with Crippen LogP contribution in [0.4, 0.5) is 5.95 Å². The van der Waals surface area contributed by atoms with E-state index in [0.29, 0.717) is 12.0 Å². The fourth-order valence-electron chi connectivity index (χ4n) is 2.27. The first kappa shape index (κ1) is 15.4. The molecule has 0 atom stereocenters. The van der Waals surface area contributed by atoms with Gasteiger partial charge in [-0.05, 0) is 39.5 Å². The first-order chi connectivity index (χ1) is 9.67. The highest BCUT2D eigenvalue weighted by atomic mass is 32.2. The lowest BCUT2D eigenvalue weighted by Crippen LogP contribution is -2.12. The Hall–Kier alpha value is -1.04. The summed E-state index contributed by atoms with van der Waals surface area (Å²) in [5.41, 5.74) is 0. The molecule has 2 rings (SSSR count). The van der Waals surface area contributed by atoms with Crippen LogP contribution >= 0.6 is 11.8 Å². The van der Waals surface area contributed by atoms with Crippen LogP contribution in [-0.2, 0) is 0 Å². The second-order valence-electron chi connectivity index (χ2n) is 5.38. The van der Waals surface area contributed by atoms with Crippen LogP contribution in [0.25, 0.3) is 0 Å². The second-order valence-corrected chi connectivity index (χ2v) is 6.37. The van der Waals surface area contributed by atoms with E-state index in [2.05, 4.69) is 20.3 Å². The van der Waals surface area contributed by atoms with E-state index in [1.807, 2.05) is 20.8 Å². The van der Waals surface area contributed by atoms with Crippen molar-refractivity contribution in [3.8, 4) is 6.01 Å². The zero-order valence-electron chi connectivity index (χ0n) is 12.6. The van der Waals surface area contributed by atoms with Gasteiger partial charge in [-0.25, -0.2) is 0 Å². The molecule has 1 aliphatic rings. The Balaban J connectivity index is 2.02. The molecule has 0 radical (unpaired) electrons. The Labute approximate surface area is 125 Å². The molecule has 0 aliphatic heterocycles. The third-order valence-corrected chi connectivity index (χ3v) is 4.27. The van der Waals surface area contributed by atoms with Gasteiger partial charge in [0, 0.05) is 12.3 Å². The second kappa shape index (κ2) is 7.67. The van der Waals surface area contributed by atoms with E-state index in [4.69, 9.17) is 4.74 Å². The summed E-state index contributed by atoms with van der Waals surface area (Å²) in [6.07, 6.45) is 5.49. The van der Waals surface area contributed by atoms with Crippen molar-refractivity contribution in [3.63, 3.8) is 0 Å². The quantitative estimate of drug-likeness (QED) is 0.778. The maximum absolute atomic E-state index is 5.60. The van der Waals surface area contributed by atoms with Gasteiger partial charge in [0.2, 0.25) is 5.95 Å². The fraction of sp³-hybridized carbons (Fsp3) is 0.786. The summed E-state index contributed by atoms with van der Waals surface area (Å²) in [6, 6.07) is 0.417. The van der Waals surface area contributed by atoms with Crippen molar-refractivity contribution in [2.45, 2.75) is 57.7 Å². The minimum atomic E-state index is 0.0690. The van der Waals surface area contributed by atoms with Gasteiger partial charge in [0.05, 0.1) is 6.10 Å². The van der Waals surface area contributed by atoms with E-state index in [1.54, 1.807) is 11.8 Å². The van der Waals surface area contributed by atoms with Crippen molar-refractivity contribution in [3.05, 3.63) is 0 Å². The fourth-order valence-corrected chi connectivity index (χ4v) is 3.28. The third-order valence-electron chi connectivity index (χ3n) is 3.19. The number of anilines is 1. The van der Waals surface area contributed by atoms with Gasteiger partial charge < -0.3 is 10.1 Å². The van der Waals surface area contributed by atoms with Crippen LogP contribution in [-0.4, -0.2) is 33.4 Å². The molecule has 1 aromatic heterocycles. The molecule has 6 heteroatoms. The Morgan fingerprint density at radius 2 is 2.00 bits per heavy atom. The molecule has 0 aromatic carbocycles. The average Bonchev–Trinajstić information content (AvgIpc) is 2.89. The summed E-state index contributed by atoms with van der Waals surface area (Å²) in [5, 5.41) is 3.90. The van der Waals surface area contributed by atoms with Crippen molar-refractivity contribution >= 4 is 17.7 Å². The number of hydrogen-bond donors (Lipinski definition) is 1. The SMILES string of the molecule is CCNc1nc(OC(C)C)nc(SCC2CCCC2)n1. The molecule has 1 aliphatic carbocycles. The van der Waals surface area contributed by atoms with Crippen LogP contribution in [0.3, 0.4) is 0 Å². The van der Waals surface area contributed by atoms with Gasteiger partial charge in [-0.3, -0.25) is 0 Å².